The Morgan fingerprint density at radius 2 is 1.50 bits per heavy atom. The third-order valence-electron chi connectivity index (χ3n) is 3.79. The molecule has 0 aliphatic rings. The lowest BCUT2D eigenvalue weighted by Crippen LogP contribution is -2.17. The van der Waals surface area contributed by atoms with Gasteiger partial charge >= 0.3 is 0 Å². The largest absolute Gasteiger partial charge is 0.378 e. The molecule has 0 N–H and O–H groups in total. The highest BCUT2D eigenvalue weighted by molar-refractivity contribution is 5.46. The predicted octanol–water partition coefficient (Wildman–Crippen LogP) is 4.12. The van der Waals surface area contributed by atoms with E-state index in [1.165, 1.54) is 30.5 Å². The van der Waals surface area contributed by atoms with Crippen LogP contribution in [0.2, 0.25) is 0 Å². The maximum Gasteiger partial charge on any atom is 0.0361 e. The van der Waals surface area contributed by atoms with E-state index in [0.717, 1.165) is 0 Å². The molecule has 0 aliphatic heterocycles. The molecule has 1 heteroatoms. The molecule has 0 unspecified atom stereocenters. The van der Waals surface area contributed by atoms with Crippen LogP contribution in [0.1, 0.15) is 39.2 Å². The Balaban J connectivity index is 2.75. The highest BCUT2D eigenvalue weighted by Crippen LogP contribution is 2.30. The minimum Gasteiger partial charge on any atom is -0.378 e. The summed E-state index contributed by atoms with van der Waals surface area (Å²) in [6, 6.07) is 8.94. The molecule has 0 saturated heterocycles. The third-order valence-corrected chi connectivity index (χ3v) is 3.79. The number of hydrogen-bond donors (Lipinski definition) is 0. The minimum absolute atomic E-state index is 0.458. The molecule has 0 radical (unpaired) electrons. The van der Waals surface area contributed by atoms with Crippen molar-refractivity contribution in [2.45, 2.75) is 40.0 Å². The molecule has 0 saturated carbocycles. The van der Waals surface area contributed by atoms with Crippen molar-refractivity contribution in [2.75, 3.05) is 19.0 Å². The van der Waals surface area contributed by atoms with E-state index < -0.39 is 0 Å². The van der Waals surface area contributed by atoms with Gasteiger partial charge in [0.25, 0.3) is 0 Å². The second kappa shape index (κ2) is 5.38. The Hall–Kier alpha value is -0.980. The fourth-order valence-electron chi connectivity index (χ4n) is 1.90. The number of nitrogens with zero attached hydrogens (tertiary/aromatic N) is 1. The molecule has 0 amide bonds. The average Bonchev–Trinajstić information content (AvgIpc) is 2.29. The van der Waals surface area contributed by atoms with Crippen LogP contribution in [0.3, 0.4) is 0 Å². The van der Waals surface area contributed by atoms with Gasteiger partial charge in [-0.1, -0.05) is 45.7 Å². The molecule has 0 atom stereocenters. The summed E-state index contributed by atoms with van der Waals surface area (Å²) < 4.78 is 0. The van der Waals surface area contributed by atoms with Gasteiger partial charge in [0.05, 0.1) is 0 Å². The van der Waals surface area contributed by atoms with E-state index in [0.29, 0.717) is 5.41 Å². The second-order valence-electron chi connectivity index (χ2n) is 5.26. The summed E-state index contributed by atoms with van der Waals surface area (Å²) in [5, 5.41) is 0. The van der Waals surface area contributed by atoms with Gasteiger partial charge < -0.3 is 4.90 Å². The normalized spacial score (nSPS) is 11.6. The van der Waals surface area contributed by atoms with Crippen LogP contribution in [0, 0.1) is 5.41 Å². The number of hydrogen-bond acceptors (Lipinski definition) is 1. The quantitative estimate of drug-likeness (QED) is 0.720. The first-order chi connectivity index (χ1) is 7.50. The first-order valence-corrected chi connectivity index (χ1v) is 6.27. The molecule has 0 fully saturated rings. The van der Waals surface area contributed by atoms with Crippen LogP contribution < -0.4 is 4.90 Å². The first kappa shape index (κ1) is 13.1. The van der Waals surface area contributed by atoms with Crippen molar-refractivity contribution in [3.05, 3.63) is 29.8 Å². The monoisotopic (exact) mass is 219 g/mol. The van der Waals surface area contributed by atoms with E-state index in [-0.39, 0.29) is 0 Å². The highest BCUT2D eigenvalue weighted by atomic mass is 15.1. The van der Waals surface area contributed by atoms with Crippen molar-refractivity contribution in [3.8, 4) is 0 Å². The van der Waals surface area contributed by atoms with Crippen molar-refractivity contribution in [1.29, 1.82) is 0 Å². The van der Waals surface area contributed by atoms with Crippen LogP contribution in [0.5, 0.6) is 0 Å². The topological polar surface area (TPSA) is 3.24 Å². The minimum atomic E-state index is 0.458. The molecule has 90 valence electrons. The van der Waals surface area contributed by atoms with E-state index in [2.05, 4.69) is 64.0 Å². The van der Waals surface area contributed by atoms with E-state index in [9.17, 15) is 0 Å². The average molecular weight is 219 g/mol. The van der Waals surface area contributed by atoms with Crippen LogP contribution in [0.4, 0.5) is 5.69 Å². The maximum absolute atomic E-state index is 2.38. The molecule has 0 aromatic heterocycles. The number of rotatable bonds is 5. The first-order valence-electron chi connectivity index (χ1n) is 6.27. The lowest BCUT2D eigenvalue weighted by atomic mass is 9.79. The van der Waals surface area contributed by atoms with Crippen LogP contribution in [0.25, 0.3) is 0 Å². The Labute approximate surface area is 100 Å². The van der Waals surface area contributed by atoms with Gasteiger partial charge in [-0.3, -0.25) is 0 Å². The van der Waals surface area contributed by atoms with Gasteiger partial charge in [0.1, 0.15) is 0 Å². The maximum atomic E-state index is 2.38. The molecular weight excluding hydrogens is 194 g/mol. The molecule has 0 aliphatic carbocycles. The standard InChI is InChI=1S/C15H25N/c1-6-15(3,7-2)12-13-8-10-14(11-9-13)16(4)5/h8-11H,6-7,12H2,1-5H3. The molecule has 0 spiro atoms. The van der Waals surface area contributed by atoms with Crippen molar-refractivity contribution in [1.82, 2.24) is 0 Å². The second-order valence-corrected chi connectivity index (χ2v) is 5.26. The molecule has 1 aromatic carbocycles. The van der Waals surface area contributed by atoms with Crippen molar-refractivity contribution in [3.63, 3.8) is 0 Å². The lowest BCUT2D eigenvalue weighted by molar-refractivity contribution is 0.296. The zero-order valence-corrected chi connectivity index (χ0v) is 11.4. The van der Waals surface area contributed by atoms with Gasteiger partial charge in [0.2, 0.25) is 0 Å². The van der Waals surface area contributed by atoms with Crippen molar-refractivity contribution >= 4 is 5.69 Å². The molecule has 16 heavy (non-hydrogen) atoms. The Morgan fingerprint density at radius 1 is 1.00 bits per heavy atom. The molecule has 0 heterocycles. The van der Waals surface area contributed by atoms with Crippen molar-refractivity contribution < 1.29 is 0 Å². The molecule has 1 rings (SSSR count). The molecule has 1 aromatic rings. The van der Waals surface area contributed by atoms with E-state index in [1.807, 2.05) is 0 Å². The van der Waals surface area contributed by atoms with Gasteiger partial charge in [-0.25, -0.2) is 0 Å². The fraction of sp³-hybridized carbons (Fsp3) is 0.600. The molecular formula is C15H25N. The zero-order valence-electron chi connectivity index (χ0n) is 11.4. The SMILES string of the molecule is CCC(C)(CC)Cc1ccc(N(C)C)cc1. The van der Waals surface area contributed by atoms with E-state index in [1.54, 1.807) is 0 Å². The summed E-state index contributed by atoms with van der Waals surface area (Å²) >= 11 is 0. The van der Waals surface area contributed by atoms with Crippen LogP contribution in [-0.2, 0) is 6.42 Å². The van der Waals surface area contributed by atoms with Gasteiger partial charge in [-0.2, -0.15) is 0 Å². The van der Waals surface area contributed by atoms with E-state index >= 15 is 0 Å². The number of anilines is 1. The molecule has 1 nitrogen and oxygen atoms in total. The van der Waals surface area contributed by atoms with Crippen LogP contribution in [-0.4, -0.2) is 14.1 Å². The Morgan fingerprint density at radius 3 is 1.88 bits per heavy atom. The summed E-state index contributed by atoms with van der Waals surface area (Å²) in [7, 11) is 4.16. The van der Waals surface area contributed by atoms with Gasteiger partial charge in [-0.15, -0.1) is 0 Å². The highest BCUT2D eigenvalue weighted by Gasteiger charge is 2.19. The Bertz CT molecular complexity index is 307. The summed E-state index contributed by atoms with van der Waals surface area (Å²) in [5.41, 5.74) is 3.19. The smallest absolute Gasteiger partial charge is 0.0361 e. The summed E-state index contributed by atoms with van der Waals surface area (Å²) in [6.07, 6.45) is 3.69. The van der Waals surface area contributed by atoms with Gasteiger partial charge in [-0.05, 0) is 29.5 Å². The fourth-order valence-corrected chi connectivity index (χ4v) is 1.90. The van der Waals surface area contributed by atoms with Crippen molar-refractivity contribution in [2.24, 2.45) is 5.41 Å². The lowest BCUT2D eigenvalue weighted by Gasteiger charge is -2.27. The predicted molar refractivity (Wildman–Crippen MR) is 73.2 cm³/mol. The third kappa shape index (κ3) is 3.26. The number of benzene rings is 1. The zero-order chi connectivity index (χ0) is 12.2. The summed E-state index contributed by atoms with van der Waals surface area (Å²) in [6.45, 7) is 6.96. The van der Waals surface area contributed by atoms with Gasteiger partial charge in [0, 0.05) is 19.8 Å². The van der Waals surface area contributed by atoms with E-state index in [4.69, 9.17) is 0 Å². The van der Waals surface area contributed by atoms with Crippen LogP contribution >= 0.6 is 0 Å². The van der Waals surface area contributed by atoms with Crippen LogP contribution in [0.15, 0.2) is 24.3 Å². The molecule has 0 bridgehead atoms. The Kier molecular flexibility index (Phi) is 4.40. The summed E-state index contributed by atoms with van der Waals surface area (Å²) in [5.74, 6) is 0. The summed E-state index contributed by atoms with van der Waals surface area (Å²) in [4.78, 5) is 2.14. The van der Waals surface area contributed by atoms with Gasteiger partial charge in [0.15, 0.2) is 0 Å².